The fraction of sp³-hybridized carbons (Fsp3) is 0.556. The molecule has 0 amide bonds. The van der Waals surface area contributed by atoms with Gasteiger partial charge >= 0.3 is 5.97 Å². The van der Waals surface area contributed by atoms with Crippen LogP contribution < -0.4 is 5.32 Å². The Morgan fingerprint density at radius 2 is 2.50 bits per heavy atom. The molecule has 0 aliphatic heterocycles. The molecule has 1 saturated carbocycles. The van der Waals surface area contributed by atoms with E-state index < -0.39 is 12.0 Å². The number of carboxylic acid groups (broad SMARTS) is 1. The minimum atomic E-state index is -0.813. The van der Waals surface area contributed by atoms with Crippen LogP contribution in [0.1, 0.15) is 12.8 Å². The molecule has 0 saturated heterocycles. The van der Waals surface area contributed by atoms with Gasteiger partial charge in [-0.1, -0.05) is 0 Å². The van der Waals surface area contributed by atoms with Gasteiger partial charge in [-0.15, -0.1) is 0 Å². The van der Waals surface area contributed by atoms with E-state index in [1.54, 1.807) is 23.1 Å². The second-order valence-electron chi connectivity index (χ2n) is 3.56. The highest BCUT2D eigenvalue weighted by atomic mass is 16.4. The van der Waals surface area contributed by atoms with E-state index in [-0.39, 0.29) is 0 Å². The lowest BCUT2D eigenvalue weighted by molar-refractivity contribution is -0.140. The number of aliphatic carboxylic acids is 1. The lowest BCUT2D eigenvalue weighted by atomic mass is 10.3. The summed E-state index contributed by atoms with van der Waals surface area (Å²) in [6, 6.07) is 1.66. The monoisotopic (exact) mass is 195 g/mol. The fourth-order valence-corrected chi connectivity index (χ4v) is 1.33. The van der Waals surface area contributed by atoms with E-state index >= 15 is 0 Å². The first-order valence-corrected chi connectivity index (χ1v) is 4.72. The number of carboxylic acids is 1. The first-order valence-electron chi connectivity index (χ1n) is 4.72. The normalized spacial score (nSPS) is 18.0. The van der Waals surface area contributed by atoms with Crippen LogP contribution in [0.15, 0.2) is 18.5 Å². The summed E-state index contributed by atoms with van der Waals surface area (Å²) < 4.78 is 1.63. The van der Waals surface area contributed by atoms with Crippen LogP contribution in [0, 0.1) is 0 Å². The van der Waals surface area contributed by atoms with Crippen LogP contribution in [0.3, 0.4) is 0 Å². The zero-order valence-electron chi connectivity index (χ0n) is 7.76. The van der Waals surface area contributed by atoms with E-state index in [1.807, 2.05) is 0 Å². The van der Waals surface area contributed by atoms with Crippen LogP contribution in [0.2, 0.25) is 0 Å². The summed E-state index contributed by atoms with van der Waals surface area (Å²) in [6.45, 7) is 0.388. The number of aromatic nitrogens is 2. The van der Waals surface area contributed by atoms with Gasteiger partial charge in [-0.05, 0) is 18.9 Å². The zero-order chi connectivity index (χ0) is 9.97. The van der Waals surface area contributed by atoms with Crippen molar-refractivity contribution in [1.29, 1.82) is 0 Å². The third-order valence-electron chi connectivity index (χ3n) is 2.24. The number of hydrogen-bond acceptors (Lipinski definition) is 3. The van der Waals surface area contributed by atoms with Gasteiger partial charge in [-0.3, -0.25) is 9.48 Å². The van der Waals surface area contributed by atoms with E-state index in [1.165, 1.54) is 0 Å². The van der Waals surface area contributed by atoms with Crippen molar-refractivity contribution >= 4 is 5.97 Å². The molecular weight excluding hydrogens is 182 g/mol. The summed E-state index contributed by atoms with van der Waals surface area (Å²) >= 11 is 0. The topological polar surface area (TPSA) is 67.1 Å². The maximum absolute atomic E-state index is 10.9. The lowest BCUT2D eigenvalue weighted by Crippen LogP contribution is -2.41. The van der Waals surface area contributed by atoms with Crippen LogP contribution in [-0.4, -0.2) is 32.9 Å². The predicted molar refractivity (Wildman–Crippen MR) is 49.8 cm³/mol. The summed E-state index contributed by atoms with van der Waals surface area (Å²) in [7, 11) is 0. The lowest BCUT2D eigenvalue weighted by Gasteiger charge is -2.13. The van der Waals surface area contributed by atoms with Gasteiger partial charge in [0, 0.05) is 18.4 Å². The molecule has 14 heavy (non-hydrogen) atoms. The number of nitrogens with zero attached hydrogens (tertiary/aromatic N) is 2. The Kier molecular flexibility index (Phi) is 2.49. The van der Waals surface area contributed by atoms with Gasteiger partial charge in [-0.2, -0.15) is 5.10 Å². The van der Waals surface area contributed by atoms with Crippen LogP contribution in [0.25, 0.3) is 0 Å². The molecule has 1 unspecified atom stereocenters. The van der Waals surface area contributed by atoms with Gasteiger partial charge in [-0.25, -0.2) is 0 Å². The van der Waals surface area contributed by atoms with Gasteiger partial charge in [0.25, 0.3) is 0 Å². The summed E-state index contributed by atoms with van der Waals surface area (Å²) in [5, 5.41) is 16.0. The summed E-state index contributed by atoms with van der Waals surface area (Å²) in [5.74, 6) is -0.813. The molecular formula is C9H13N3O2. The van der Waals surface area contributed by atoms with Gasteiger partial charge < -0.3 is 10.4 Å². The van der Waals surface area contributed by atoms with Gasteiger partial charge in [0.1, 0.15) is 6.04 Å². The quantitative estimate of drug-likeness (QED) is 0.698. The molecule has 0 spiro atoms. The highest BCUT2D eigenvalue weighted by Crippen LogP contribution is 2.19. The van der Waals surface area contributed by atoms with Crippen molar-refractivity contribution in [3.05, 3.63) is 18.5 Å². The Balaban J connectivity index is 1.92. The smallest absolute Gasteiger partial charge is 0.322 e. The molecule has 1 fully saturated rings. The second-order valence-corrected chi connectivity index (χ2v) is 3.56. The van der Waals surface area contributed by atoms with E-state index in [4.69, 9.17) is 5.11 Å². The maximum Gasteiger partial charge on any atom is 0.322 e. The highest BCUT2D eigenvalue weighted by Gasteiger charge is 2.28. The van der Waals surface area contributed by atoms with Gasteiger partial charge in [0.2, 0.25) is 0 Å². The number of hydrogen-bond donors (Lipinski definition) is 2. The Morgan fingerprint density at radius 1 is 1.71 bits per heavy atom. The van der Waals surface area contributed by atoms with Crippen molar-refractivity contribution in [2.24, 2.45) is 0 Å². The van der Waals surface area contributed by atoms with Gasteiger partial charge in [0.05, 0.1) is 6.54 Å². The molecule has 1 atom stereocenters. The first-order chi connectivity index (χ1) is 6.75. The van der Waals surface area contributed by atoms with Crippen molar-refractivity contribution in [2.75, 3.05) is 0 Å². The fourth-order valence-electron chi connectivity index (χ4n) is 1.33. The Morgan fingerprint density at radius 3 is 3.00 bits per heavy atom. The van der Waals surface area contributed by atoms with Crippen molar-refractivity contribution < 1.29 is 9.90 Å². The summed E-state index contributed by atoms with van der Waals surface area (Å²) in [5.41, 5.74) is 0. The average Bonchev–Trinajstić information content (AvgIpc) is 2.80. The van der Waals surface area contributed by atoms with Crippen molar-refractivity contribution in [1.82, 2.24) is 15.1 Å². The highest BCUT2D eigenvalue weighted by molar-refractivity contribution is 5.73. The largest absolute Gasteiger partial charge is 0.480 e. The van der Waals surface area contributed by atoms with Crippen LogP contribution in [0.4, 0.5) is 0 Å². The molecule has 2 rings (SSSR count). The molecule has 1 aromatic heterocycles. The number of rotatable bonds is 5. The first kappa shape index (κ1) is 9.21. The molecule has 2 N–H and O–H groups in total. The number of carbonyl (C=O) groups is 1. The Labute approximate surface area is 81.7 Å². The summed E-state index contributed by atoms with van der Waals surface area (Å²) in [4.78, 5) is 10.9. The molecule has 0 radical (unpaired) electrons. The van der Waals surface area contributed by atoms with E-state index in [2.05, 4.69) is 10.4 Å². The molecule has 0 bridgehead atoms. The molecule has 0 aromatic carbocycles. The van der Waals surface area contributed by atoms with Gasteiger partial charge in [0.15, 0.2) is 0 Å². The van der Waals surface area contributed by atoms with E-state index in [9.17, 15) is 4.79 Å². The summed E-state index contributed by atoms with van der Waals surface area (Å²) in [6.07, 6.45) is 5.59. The minimum Gasteiger partial charge on any atom is -0.480 e. The molecule has 5 nitrogen and oxygen atoms in total. The Bertz CT molecular complexity index is 306. The molecule has 1 aliphatic rings. The predicted octanol–water partition coefficient (Wildman–Crippen LogP) is 0.0883. The van der Waals surface area contributed by atoms with Crippen molar-refractivity contribution in [2.45, 2.75) is 31.5 Å². The van der Waals surface area contributed by atoms with Crippen LogP contribution >= 0.6 is 0 Å². The Hall–Kier alpha value is -1.36. The number of nitrogens with one attached hydrogen (secondary N) is 1. The van der Waals surface area contributed by atoms with Crippen molar-refractivity contribution in [3.8, 4) is 0 Å². The SMILES string of the molecule is O=C(O)C(Cn1cccn1)NC1CC1. The second kappa shape index (κ2) is 3.79. The molecule has 1 aliphatic carbocycles. The van der Waals surface area contributed by atoms with Crippen LogP contribution in [-0.2, 0) is 11.3 Å². The molecule has 76 valence electrons. The third-order valence-corrected chi connectivity index (χ3v) is 2.24. The molecule has 1 heterocycles. The van der Waals surface area contributed by atoms with E-state index in [0.29, 0.717) is 12.6 Å². The maximum atomic E-state index is 10.9. The third kappa shape index (κ3) is 2.32. The molecule has 1 aromatic rings. The standard InChI is InChI=1S/C9H13N3O2/c13-9(14)8(11-7-2-3-7)6-12-5-1-4-10-12/h1,4-5,7-8,11H,2-3,6H2,(H,13,14). The zero-order valence-corrected chi connectivity index (χ0v) is 7.76. The van der Waals surface area contributed by atoms with Crippen molar-refractivity contribution in [3.63, 3.8) is 0 Å². The van der Waals surface area contributed by atoms with E-state index in [0.717, 1.165) is 12.8 Å². The molecule has 5 heteroatoms. The van der Waals surface area contributed by atoms with Crippen LogP contribution in [0.5, 0.6) is 0 Å². The average molecular weight is 195 g/mol. The minimum absolute atomic E-state index is 0.388.